The summed E-state index contributed by atoms with van der Waals surface area (Å²) in [6, 6.07) is 0. The molecule has 0 bridgehead atoms. The van der Waals surface area contributed by atoms with E-state index in [-0.39, 0.29) is 0 Å². The van der Waals surface area contributed by atoms with Crippen molar-refractivity contribution in [3.63, 3.8) is 0 Å². The van der Waals surface area contributed by atoms with Crippen LogP contribution < -0.4 is 5.76 Å². The molecule has 8 heavy (non-hydrogen) atoms. The van der Waals surface area contributed by atoms with Crippen LogP contribution >= 0.6 is 0 Å². The van der Waals surface area contributed by atoms with Crippen LogP contribution in [-0.4, -0.2) is 11.0 Å². The van der Waals surface area contributed by atoms with Crippen molar-refractivity contribution in [2.45, 2.75) is 0 Å². The molecule has 0 saturated heterocycles. The van der Waals surface area contributed by atoms with Crippen LogP contribution in [0.25, 0.3) is 0 Å². The molecule has 0 spiro atoms. The maximum atomic E-state index is 10.2. The van der Waals surface area contributed by atoms with E-state index in [2.05, 4.69) is 4.42 Å². The minimum Gasteiger partial charge on any atom is -0.416 e. The van der Waals surface area contributed by atoms with Crippen LogP contribution in [0.15, 0.2) is 21.7 Å². The first-order chi connectivity index (χ1) is 3.84. The normalized spacial score (nSPS) is 9.00. The molecule has 0 saturated carbocycles. The fraction of sp³-hybridized carbons (Fsp3) is 0. The topological polar surface area (TPSA) is 52.2 Å². The first-order valence-corrected chi connectivity index (χ1v) is 1.95. The number of carbonyl (C=O) groups is 1. The average molecular weight is 113 g/mol. The molecule has 4 nitrogen and oxygen atoms in total. The van der Waals surface area contributed by atoms with Crippen molar-refractivity contribution in [2.75, 3.05) is 0 Å². The van der Waals surface area contributed by atoms with E-state index in [1.54, 1.807) is 0 Å². The molecule has 0 aliphatic heterocycles. The molecule has 0 fully saturated rings. The molecule has 42 valence electrons. The Labute approximate surface area is 44.3 Å². The van der Waals surface area contributed by atoms with Crippen molar-refractivity contribution in [1.82, 2.24) is 4.57 Å². The SMILES string of the molecule is O=Cn1ccoc1=O. The van der Waals surface area contributed by atoms with Gasteiger partial charge in [-0.05, 0) is 0 Å². The van der Waals surface area contributed by atoms with Gasteiger partial charge in [-0.3, -0.25) is 4.79 Å². The molecule has 0 aromatic carbocycles. The summed E-state index contributed by atoms with van der Waals surface area (Å²) < 4.78 is 5.04. The fourth-order valence-corrected chi connectivity index (χ4v) is 0.354. The maximum absolute atomic E-state index is 10.2. The summed E-state index contributed by atoms with van der Waals surface area (Å²) in [5.74, 6) is -0.653. The highest BCUT2D eigenvalue weighted by molar-refractivity contribution is 5.50. The number of hydrogen-bond donors (Lipinski definition) is 0. The molecule has 0 amide bonds. The molecule has 1 heterocycles. The van der Waals surface area contributed by atoms with Crippen molar-refractivity contribution in [2.24, 2.45) is 0 Å². The van der Waals surface area contributed by atoms with E-state index in [4.69, 9.17) is 0 Å². The third kappa shape index (κ3) is 0.556. The van der Waals surface area contributed by atoms with Gasteiger partial charge >= 0.3 is 5.76 Å². The van der Waals surface area contributed by atoms with Gasteiger partial charge in [-0.2, -0.15) is 0 Å². The van der Waals surface area contributed by atoms with E-state index in [0.717, 1.165) is 10.8 Å². The van der Waals surface area contributed by atoms with Crippen LogP contribution in [0.5, 0.6) is 0 Å². The van der Waals surface area contributed by atoms with Crippen molar-refractivity contribution >= 4 is 6.41 Å². The number of nitrogens with zero attached hydrogens (tertiary/aromatic N) is 1. The summed E-state index contributed by atoms with van der Waals surface area (Å²) in [6.07, 6.45) is 2.78. The summed E-state index contributed by atoms with van der Waals surface area (Å²) in [7, 11) is 0. The summed E-state index contributed by atoms with van der Waals surface area (Å²) in [4.78, 5) is 20.0. The molecule has 0 N–H and O–H groups in total. The predicted molar refractivity (Wildman–Crippen MR) is 25.1 cm³/mol. The van der Waals surface area contributed by atoms with Crippen LogP contribution in [-0.2, 0) is 4.79 Å². The summed E-state index contributed by atoms with van der Waals surface area (Å²) >= 11 is 0. The monoisotopic (exact) mass is 113 g/mol. The third-order valence-corrected chi connectivity index (χ3v) is 0.715. The Kier molecular flexibility index (Phi) is 0.997. The van der Waals surface area contributed by atoms with E-state index in [9.17, 15) is 9.59 Å². The minimum absolute atomic E-state index is 0.381. The van der Waals surface area contributed by atoms with E-state index >= 15 is 0 Å². The van der Waals surface area contributed by atoms with E-state index < -0.39 is 5.76 Å². The first kappa shape index (κ1) is 4.83. The molecular formula is C4H3NO3. The quantitative estimate of drug-likeness (QED) is 0.460. The number of hydrogen-bond acceptors (Lipinski definition) is 3. The lowest BCUT2D eigenvalue weighted by Crippen LogP contribution is -2.11. The smallest absolute Gasteiger partial charge is 0.416 e. The third-order valence-electron chi connectivity index (χ3n) is 0.715. The van der Waals surface area contributed by atoms with Gasteiger partial charge < -0.3 is 4.42 Å². The molecule has 4 heteroatoms. The molecule has 0 aliphatic carbocycles. The van der Waals surface area contributed by atoms with Crippen LogP contribution in [0.3, 0.4) is 0 Å². The van der Waals surface area contributed by atoms with Crippen molar-refractivity contribution in [3.05, 3.63) is 23.0 Å². The highest BCUT2D eigenvalue weighted by Gasteiger charge is 1.90. The van der Waals surface area contributed by atoms with Crippen LogP contribution in [0, 0.1) is 0 Å². The van der Waals surface area contributed by atoms with Gasteiger partial charge in [-0.25, -0.2) is 9.36 Å². The van der Waals surface area contributed by atoms with Gasteiger partial charge in [0.15, 0.2) is 0 Å². The van der Waals surface area contributed by atoms with E-state index in [1.165, 1.54) is 6.20 Å². The van der Waals surface area contributed by atoms with Gasteiger partial charge in [0.25, 0.3) is 0 Å². The highest BCUT2D eigenvalue weighted by Crippen LogP contribution is 1.72. The fourth-order valence-electron chi connectivity index (χ4n) is 0.354. The number of oxazole rings is 1. The van der Waals surface area contributed by atoms with Gasteiger partial charge in [0.05, 0.1) is 6.20 Å². The Hall–Kier alpha value is -1.32. The zero-order valence-corrected chi connectivity index (χ0v) is 3.90. The predicted octanol–water partition coefficient (Wildman–Crippen LogP) is -0.520. The van der Waals surface area contributed by atoms with Gasteiger partial charge in [-0.15, -0.1) is 0 Å². The summed E-state index contributed by atoms with van der Waals surface area (Å²) in [6.45, 7) is 0. The molecule has 1 aromatic rings. The Morgan fingerprint density at radius 3 is 2.75 bits per heavy atom. The Balaban J connectivity index is 3.30. The van der Waals surface area contributed by atoms with Crippen molar-refractivity contribution in [3.8, 4) is 0 Å². The van der Waals surface area contributed by atoms with Crippen LogP contribution in [0.4, 0.5) is 0 Å². The molecular weight excluding hydrogens is 110 g/mol. The lowest BCUT2D eigenvalue weighted by atomic mass is 10.9. The number of rotatable bonds is 1. The van der Waals surface area contributed by atoms with Gasteiger partial charge in [-0.1, -0.05) is 0 Å². The molecule has 1 rings (SSSR count). The standard InChI is InChI=1S/C4H3NO3/c6-3-5-1-2-8-4(5)7/h1-3H. The van der Waals surface area contributed by atoms with E-state index in [0.29, 0.717) is 6.41 Å². The first-order valence-electron chi connectivity index (χ1n) is 1.95. The number of aromatic nitrogens is 1. The molecule has 0 atom stereocenters. The van der Waals surface area contributed by atoms with Gasteiger partial charge in [0.1, 0.15) is 6.26 Å². The van der Waals surface area contributed by atoms with Crippen LogP contribution in [0.2, 0.25) is 0 Å². The van der Waals surface area contributed by atoms with Crippen LogP contribution in [0.1, 0.15) is 0 Å². The molecule has 1 aromatic heterocycles. The average Bonchev–Trinajstić information content (AvgIpc) is 2.14. The Morgan fingerprint density at radius 2 is 2.50 bits per heavy atom. The second-order valence-corrected chi connectivity index (χ2v) is 1.18. The van der Waals surface area contributed by atoms with E-state index in [1.807, 2.05) is 0 Å². The van der Waals surface area contributed by atoms with Gasteiger partial charge in [0.2, 0.25) is 6.41 Å². The Morgan fingerprint density at radius 1 is 1.75 bits per heavy atom. The highest BCUT2D eigenvalue weighted by atomic mass is 16.4. The van der Waals surface area contributed by atoms with Crippen molar-refractivity contribution < 1.29 is 9.21 Å². The Bertz CT molecular complexity index is 233. The number of carbonyl (C=O) groups excluding carboxylic acids is 1. The molecule has 0 radical (unpaired) electrons. The molecule has 0 aliphatic rings. The van der Waals surface area contributed by atoms with Crippen molar-refractivity contribution in [1.29, 1.82) is 0 Å². The summed E-state index contributed by atoms with van der Waals surface area (Å²) in [5, 5.41) is 0. The minimum atomic E-state index is -0.653. The second kappa shape index (κ2) is 1.65. The van der Waals surface area contributed by atoms with Gasteiger partial charge in [0, 0.05) is 0 Å². The maximum Gasteiger partial charge on any atom is 0.425 e. The molecule has 0 unspecified atom stereocenters. The lowest BCUT2D eigenvalue weighted by Gasteiger charge is -1.73. The summed E-state index contributed by atoms with van der Waals surface area (Å²) in [5.41, 5.74) is 0. The zero-order chi connectivity index (χ0) is 5.98. The second-order valence-electron chi connectivity index (χ2n) is 1.18. The largest absolute Gasteiger partial charge is 0.425 e. The zero-order valence-electron chi connectivity index (χ0n) is 3.90. The lowest BCUT2D eigenvalue weighted by molar-refractivity contribution is 0.495.